The predicted molar refractivity (Wildman–Crippen MR) is 63.3 cm³/mol. The van der Waals surface area contributed by atoms with Crippen LogP contribution in [0.4, 0.5) is 8.78 Å². The molecule has 1 fully saturated rings. The third kappa shape index (κ3) is 5.29. The molecule has 0 heterocycles. The summed E-state index contributed by atoms with van der Waals surface area (Å²) in [4.78, 5) is 11.6. The van der Waals surface area contributed by atoms with Crippen LogP contribution in [-0.4, -0.2) is 29.2 Å². The largest absolute Gasteiger partial charge is 0.460 e. The first-order chi connectivity index (χ1) is 8.14. The molecule has 1 rings (SSSR count). The van der Waals surface area contributed by atoms with Crippen LogP contribution in [0.1, 0.15) is 46.5 Å². The second-order valence-corrected chi connectivity index (χ2v) is 6.02. The van der Waals surface area contributed by atoms with Gasteiger partial charge in [-0.1, -0.05) is 0 Å². The van der Waals surface area contributed by atoms with Gasteiger partial charge < -0.3 is 9.84 Å². The molecular formula is C13H22F2O3. The van der Waals surface area contributed by atoms with Crippen LogP contribution in [0, 0.1) is 11.8 Å². The Morgan fingerprint density at radius 1 is 1.39 bits per heavy atom. The van der Waals surface area contributed by atoms with Crippen molar-refractivity contribution >= 4 is 5.97 Å². The van der Waals surface area contributed by atoms with Crippen molar-refractivity contribution in [1.29, 1.82) is 0 Å². The fourth-order valence-corrected chi connectivity index (χ4v) is 1.96. The van der Waals surface area contributed by atoms with Crippen molar-refractivity contribution < 1.29 is 23.4 Å². The maximum atomic E-state index is 13.4. The lowest BCUT2D eigenvalue weighted by Crippen LogP contribution is -2.26. The molecule has 0 amide bonds. The highest BCUT2D eigenvalue weighted by Gasteiger charge is 2.49. The number of carbonyl (C=O) groups is 1. The van der Waals surface area contributed by atoms with Gasteiger partial charge in [-0.05, 0) is 39.5 Å². The van der Waals surface area contributed by atoms with E-state index in [1.807, 2.05) is 0 Å². The quantitative estimate of drug-likeness (QED) is 0.750. The monoisotopic (exact) mass is 264 g/mol. The Morgan fingerprint density at radius 3 is 2.50 bits per heavy atom. The molecule has 0 aliphatic heterocycles. The zero-order valence-corrected chi connectivity index (χ0v) is 11.2. The minimum Gasteiger partial charge on any atom is -0.460 e. The molecule has 1 aliphatic rings. The molecule has 0 radical (unpaired) electrons. The normalized spacial score (nSPS) is 23.9. The predicted octanol–water partition coefficient (Wildman–Crippen LogP) is 2.76. The minimum absolute atomic E-state index is 0.0941. The van der Waals surface area contributed by atoms with Crippen molar-refractivity contribution in [1.82, 2.24) is 0 Å². The Bertz CT molecular complexity index is 297. The minimum atomic E-state index is -2.79. The molecule has 1 aliphatic carbocycles. The fraction of sp³-hybridized carbons (Fsp3) is 0.923. The maximum Gasteiger partial charge on any atom is 0.309 e. The van der Waals surface area contributed by atoms with Crippen LogP contribution in [0.2, 0.25) is 0 Å². The molecule has 0 saturated heterocycles. The van der Waals surface area contributed by atoms with Crippen molar-refractivity contribution in [3.8, 4) is 0 Å². The molecule has 3 nitrogen and oxygen atoms in total. The molecule has 5 heteroatoms. The number of rotatable bonds is 6. The van der Waals surface area contributed by atoms with Crippen LogP contribution in [0.25, 0.3) is 0 Å². The van der Waals surface area contributed by atoms with Gasteiger partial charge in [0.25, 0.3) is 0 Å². The van der Waals surface area contributed by atoms with Gasteiger partial charge in [0, 0.05) is 19.4 Å². The Balaban J connectivity index is 2.34. The third-order valence-corrected chi connectivity index (χ3v) is 2.89. The van der Waals surface area contributed by atoms with Gasteiger partial charge in [-0.2, -0.15) is 0 Å². The SMILES string of the molecule is CC(C)(C)OC(=O)[C@@H]1C[C@H]1CC(F)(F)CCCO. The Kier molecular flexibility index (Phi) is 4.70. The smallest absolute Gasteiger partial charge is 0.309 e. The second-order valence-electron chi connectivity index (χ2n) is 6.02. The van der Waals surface area contributed by atoms with E-state index in [0.717, 1.165) is 0 Å². The molecule has 0 aromatic heterocycles. The number of aliphatic hydroxyl groups is 1. The van der Waals surface area contributed by atoms with Crippen LogP contribution >= 0.6 is 0 Å². The number of alkyl halides is 2. The zero-order valence-electron chi connectivity index (χ0n) is 11.2. The molecule has 1 saturated carbocycles. The molecule has 18 heavy (non-hydrogen) atoms. The van der Waals surface area contributed by atoms with E-state index in [1.54, 1.807) is 20.8 Å². The van der Waals surface area contributed by atoms with Crippen LogP contribution in [0.5, 0.6) is 0 Å². The Morgan fingerprint density at radius 2 is 2.00 bits per heavy atom. The van der Waals surface area contributed by atoms with Crippen LogP contribution in [0.15, 0.2) is 0 Å². The highest BCUT2D eigenvalue weighted by Crippen LogP contribution is 2.47. The van der Waals surface area contributed by atoms with Gasteiger partial charge in [0.1, 0.15) is 5.60 Å². The van der Waals surface area contributed by atoms with Crippen LogP contribution in [0.3, 0.4) is 0 Å². The lowest BCUT2D eigenvalue weighted by atomic mass is 10.1. The molecule has 2 atom stereocenters. The number of carbonyl (C=O) groups excluding carboxylic acids is 1. The van der Waals surface area contributed by atoms with Gasteiger partial charge in [-0.3, -0.25) is 4.79 Å². The number of ether oxygens (including phenoxy) is 1. The van der Waals surface area contributed by atoms with Crippen molar-refractivity contribution in [3.05, 3.63) is 0 Å². The third-order valence-electron chi connectivity index (χ3n) is 2.89. The van der Waals surface area contributed by atoms with E-state index < -0.39 is 11.5 Å². The number of hydrogen-bond acceptors (Lipinski definition) is 3. The second kappa shape index (κ2) is 5.51. The van der Waals surface area contributed by atoms with E-state index >= 15 is 0 Å². The summed E-state index contributed by atoms with van der Waals surface area (Å²) in [6, 6.07) is 0. The standard InChI is InChI=1S/C13H22F2O3/c1-12(2,3)18-11(17)10-7-9(10)8-13(14,15)5-4-6-16/h9-10,16H,4-8H2,1-3H3/t9-,10+/m0/s1. The highest BCUT2D eigenvalue weighted by molar-refractivity contribution is 5.76. The average Bonchev–Trinajstić information content (AvgIpc) is 2.91. The maximum absolute atomic E-state index is 13.4. The number of esters is 1. The van der Waals surface area contributed by atoms with E-state index in [-0.39, 0.29) is 43.7 Å². The number of aliphatic hydroxyl groups excluding tert-OH is 1. The average molecular weight is 264 g/mol. The van der Waals surface area contributed by atoms with Crippen molar-refractivity contribution in [2.75, 3.05) is 6.61 Å². The highest BCUT2D eigenvalue weighted by atomic mass is 19.3. The summed E-state index contributed by atoms with van der Waals surface area (Å²) in [7, 11) is 0. The molecule has 106 valence electrons. The van der Waals surface area contributed by atoms with Crippen LogP contribution < -0.4 is 0 Å². The van der Waals surface area contributed by atoms with E-state index in [0.29, 0.717) is 6.42 Å². The molecule has 1 N–H and O–H groups in total. The summed E-state index contributed by atoms with van der Waals surface area (Å²) < 4.78 is 32.0. The van der Waals surface area contributed by atoms with E-state index in [9.17, 15) is 13.6 Å². The van der Waals surface area contributed by atoms with Gasteiger partial charge in [-0.25, -0.2) is 8.78 Å². The van der Waals surface area contributed by atoms with Crippen molar-refractivity contribution in [2.45, 2.75) is 58.0 Å². The first-order valence-electron chi connectivity index (χ1n) is 6.36. The molecule has 0 spiro atoms. The van der Waals surface area contributed by atoms with E-state index in [2.05, 4.69) is 0 Å². The summed E-state index contributed by atoms with van der Waals surface area (Å²) in [5.74, 6) is -3.80. The van der Waals surface area contributed by atoms with Crippen molar-refractivity contribution in [2.24, 2.45) is 11.8 Å². The molecule has 0 unspecified atom stereocenters. The van der Waals surface area contributed by atoms with Gasteiger partial charge >= 0.3 is 5.97 Å². The Labute approximate surface area is 107 Å². The molecular weight excluding hydrogens is 242 g/mol. The lowest BCUT2D eigenvalue weighted by Gasteiger charge is -2.20. The molecule has 0 aromatic carbocycles. The van der Waals surface area contributed by atoms with Crippen LogP contribution in [-0.2, 0) is 9.53 Å². The zero-order chi connectivity index (χ0) is 14.0. The fourth-order valence-electron chi connectivity index (χ4n) is 1.96. The summed E-state index contributed by atoms with van der Waals surface area (Å²) in [6.45, 7) is 5.06. The number of hydrogen-bond donors (Lipinski definition) is 1. The van der Waals surface area contributed by atoms with E-state index in [1.165, 1.54) is 0 Å². The molecule has 0 bridgehead atoms. The first-order valence-corrected chi connectivity index (χ1v) is 6.36. The summed E-state index contributed by atoms with van der Waals surface area (Å²) in [5.41, 5.74) is -0.566. The van der Waals surface area contributed by atoms with Gasteiger partial charge in [-0.15, -0.1) is 0 Å². The lowest BCUT2D eigenvalue weighted by molar-refractivity contribution is -0.157. The topological polar surface area (TPSA) is 46.5 Å². The first kappa shape index (κ1) is 15.3. The number of halogens is 2. The summed E-state index contributed by atoms with van der Waals surface area (Å²) >= 11 is 0. The van der Waals surface area contributed by atoms with E-state index in [4.69, 9.17) is 9.84 Å². The summed E-state index contributed by atoms with van der Waals surface area (Å²) in [6.07, 6.45) is -0.0155. The van der Waals surface area contributed by atoms with Gasteiger partial charge in [0.15, 0.2) is 0 Å². The molecule has 0 aromatic rings. The Hall–Kier alpha value is -0.710. The van der Waals surface area contributed by atoms with Gasteiger partial charge in [0.05, 0.1) is 5.92 Å². The van der Waals surface area contributed by atoms with Gasteiger partial charge in [0.2, 0.25) is 5.92 Å². The van der Waals surface area contributed by atoms with Crippen molar-refractivity contribution in [3.63, 3.8) is 0 Å². The summed E-state index contributed by atoms with van der Waals surface area (Å²) in [5, 5.41) is 8.54.